The van der Waals surface area contributed by atoms with E-state index in [4.69, 9.17) is 9.97 Å². The number of thiol groups is 1. The minimum Gasteiger partial charge on any atom is -0.284 e. The van der Waals surface area contributed by atoms with E-state index in [1.807, 2.05) is 36.5 Å². The number of rotatable bonds is 3. The van der Waals surface area contributed by atoms with Crippen LogP contribution in [0.15, 0.2) is 126 Å². The third-order valence-electron chi connectivity index (χ3n) is 6.73. The van der Waals surface area contributed by atoms with E-state index in [1.165, 1.54) is 5.56 Å². The smallest absolute Gasteiger partial charge is 0.165 e. The fraction of sp³-hybridized carbons (Fsp3) is 0. The van der Waals surface area contributed by atoms with Crippen molar-refractivity contribution in [1.82, 2.24) is 14.4 Å². The quantitative estimate of drug-likeness (QED) is 0.258. The van der Waals surface area contributed by atoms with E-state index in [0.717, 1.165) is 60.4 Å². The predicted octanol–water partition coefficient (Wildman–Crippen LogP) is 8.33. The molecule has 0 radical (unpaired) electrons. The van der Waals surface area contributed by atoms with Crippen LogP contribution >= 0.6 is 12.6 Å². The third-order valence-corrected chi connectivity index (χ3v) is 7.12. The summed E-state index contributed by atoms with van der Waals surface area (Å²) < 4.78 is 2.06. The highest BCUT2D eigenvalue weighted by Crippen LogP contribution is 2.34. The first kappa shape index (κ1) is 20.9. The molecule has 0 N–H and O–H groups in total. The molecule has 7 aromatic rings. The Labute approximate surface area is 214 Å². The van der Waals surface area contributed by atoms with Crippen molar-refractivity contribution in [3.63, 3.8) is 0 Å². The Kier molecular flexibility index (Phi) is 4.86. The number of hydrogen-bond acceptors (Lipinski definition) is 3. The fourth-order valence-corrected chi connectivity index (χ4v) is 5.25. The normalized spacial score (nSPS) is 11.5. The molecule has 4 heteroatoms. The second kappa shape index (κ2) is 8.36. The second-order valence-electron chi connectivity index (χ2n) is 8.89. The zero-order valence-electron chi connectivity index (χ0n) is 19.3. The highest BCUT2D eigenvalue weighted by atomic mass is 32.1. The molecule has 170 valence electrons. The highest BCUT2D eigenvalue weighted by Gasteiger charge is 2.15. The number of imidazole rings is 1. The summed E-state index contributed by atoms with van der Waals surface area (Å²) in [5.74, 6) is 0. The summed E-state index contributed by atoms with van der Waals surface area (Å²) in [6.45, 7) is 0. The Morgan fingerprint density at radius 2 is 1.28 bits per heavy atom. The lowest BCUT2D eigenvalue weighted by Crippen LogP contribution is -1.91. The van der Waals surface area contributed by atoms with Gasteiger partial charge in [0.1, 0.15) is 11.2 Å². The molecule has 36 heavy (non-hydrogen) atoms. The van der Waals surface area contributed by atoms with Gasteiger partial charge in [-0.05, 0) is 46.5 Å². The third kappa shape index (κ3) is 3.38. The molecule has 3 aromatic heterocycles. The van der Waals surface area contributed by atoms with Crippen LogP contribution in [0.2, 0.25) is 0 Å². The lowest BCUT2D eigenvalue weighted by molar-refractivity contribution is 1.19. The summed E-state index contributed by atoms with van der Waals surface area (Å²) in [6.07, 6.45) is 2.02. The number of pyridine rings is 2. The summed E-state index contributed by atoms with van der Waals surface area (Å²) in [5, 5.41) is 2.22. The topological polar surface area (TPSA) is 30.2 Å². The molecule has 0 aliphatic carbocycles. The van der Waals surface area contributed by atoms with Gasteiger partial charge in [0.2, 0.25) is 0 Å². The van der Waals surface area contributed by atoms with E-state index in [0.29, 0.717) is 0 Å². The molecule has 7 rings (SSSR count). The first-order valence-corrected chi connectivity index (χ1v) is 12.4. The van der Waals surface area contributed by atoms with Gasteiger partial charge in [0.05, 0.1) is 5.69 Å². The van der Waals surface area contributed by atoms with Crippen LogP contribution in [0.25, 0.3) is 61.1 Å². The van der Waals surface area contributed by atoms with Crippen molar-refractivity contribution in [2.75, 3.05) is 0 Å². The van der Waals surface area contributed by atoms with E-state index in [9.17, 15) is 0 Å². The Bertz CT molecular complexity index is 1900. The number of benzene rings is 4. The van der Waals surface area contributed by atoms with Gasteiger partial charge in [-0.1, -0.05) is 91.0 Å². The number of aromatic nitrogens is 3. The first-order valence-electron chi connectivity index (χ1n) is 11.9. The maximum Gasteiger partial charge on any atom is 0.165 e. The predicted molar refractivity (Wildman–Crippen MR) is 152 cm³/mol. The van der Waals surface area contributed by atoms with Crippen LogP contribution in [0.5, 0.6) is 0 Å². The molecule has 3 nitrogen and oxygen atoms in total. The second-order valence-corrected chi connectivity index (χ2v) is 9.38. The van der Waals surface area contributed by atoms with Gasteiger partial charge in [-0.2, -0.15) is 0 Å². The molecule has 0 unspecified atom stereocenters. The first-order chi connectivity index (χ1) is 17.8. The van der Waals surface area contributed by atoms with E-state index in [1.54, 1.807) is 0 Å². The Morgan fingerprint density at radius 1 is 0.556 bits per heavy atom. The van der Waals surface area contributed by atoms with Crippen molar-refractivity contribution < 1.29 is 0 Å². The average molecular weight is 480 g/mol. The van der Waals surface area contributed by atoms with E-state index in [2.05, 4.69) is 102 Å². The van der Waals surface area contributed by atoms with Gasteiger partial charge in [0, 0.05) is 27.4 Å². The molecule has 0 fully saturated rings. The summed E-state index contributed by atoms with van der Waals surface area (Å²) in [4.78, 5) is 11.0. The van der Waals surface area contributed by atoms with E-state index >= 15 is 0 Å². The largest absolute Gasteiger partial charge is 0.284 e. The molecule has 0 aliphatic heterocycles. The molecule has 4 aromatic carbocycles. The molecular formula is C32H21N3S. The molecule has 0 atom stereocenters. The van der Waals surface area contributed by atoms with Crippen LogP contribution in [0.4, 0.5) is 0 Å². The Hall–Kier alpha value is -4.41. The van der Waals surface area contributed by atoms with Crippen LogP contribution in [-0.2, 0) is 0 Å². The standard InChI is InChI=1S/C32H21N3S/c36-28-13-4-3-10-25(28)24-9-7-8-23(20-24)21-15-17-22(18-16-21)30-26-11-1-2-12-27(26)31-32(34-30)35-19-6-5-14-29(35)33-31/h1-20,36H. The van der Waals surface area contributed by atoms with Crippen molar-refractivity contribution in [3.05, 3.63) is 121 Å². The fourth-order valence-electron chi connectivity index (χ4n) is 4.96. The molecule has 0 saturated heterocycles. The van der Waals surface area contributed by atoms with Crippen LogP contribution in [0.1, 0.15) is 0 Å². The number of hydrogen-bond donors (Lipinski definition) is 1. The van der Waals surface area contributed by atoms with Crippen molar-refractivity contribution in [3.8, 4) is 33.5 Å². The highest BCUT2D eigenvalue weighted by molar-refractivity contribution is 7.80. The van der Waals surface area contributed by atoms with Crippen molar-refractivity contribution >= 4 is 40.2 Å². The van der Waals surface area contributed by atoms with E-state index < -0.39 is 0 Å². The van der Waals surface area contributed by atoms with Crippen molar-refractivity contribution in [2.45, 2.75) is 4.90 Å². The molecular weight excluding hydrogens is 458 g/mol. The van der Waals surface area contributed by atoms with Gasteiger partial charge in [0.25, 0.3) is 0 Å². The lowest BCUT2D eigenvalue weighted by atomic mass is 9.97. The van der Waals surface area contributed by atoms with Crippen molar-refractivity contribution in [1.29, 1.82) is 0 Å². The van der Waals surface area contributed by atoms with Gasteiger partial charge >= 0.3 is 0 Å². The van der Waals surface area contributed by atoms with E-state index in [-0.39, 0.29) is 0 Å². The maximum atomic E-state index is 5.12. The molecule has 0 spiro atoms. The minimum atomic E-state index is 0.876. The van der Waals surface area contributed by atoms with Gasteiger partial charge in [-0.3, -0.25) is 4.40 Å². The summed E-state index contributed by atoms with van der Waals surface area (Å²) in [6, 6.07) is 39.9. The molecule has 0 saturated carbocycles. The average Bonchev–Trinajstić information content (AvgIpc) is 3.32. The SMILES string of the molecule is Sc1ccccc1-c1cccc(-c2ccc(-c3nc4c(nc5ccccn54)c4ccccc34)cc2)c1. The Morgan fingerprint density at radius 3 is 2.14 bits per heavy atom. The minimum absolute atomic E-state index is 0.876. The van der Waals surface area contributed by atoms with Crippen LogP contribution < -0.4 is 0 Å². The van der Waals surface area contributed by atoms with Gasteiger partial charge in [-0.25, -0.2) is 9.97 Å². The zero-order chi connectivity index (χ0) is 24.1. The molecule has 0 bridgehead atoms. The lowest BCUT2D eigenvalue weighted by Gasteiger charge is -2.10. The van der Waals surface area contributed by atoms with Gasteiger partial charge < -0.3 is 0 Å². The van der Waals surface area contributed by atoms with Crippen molar-refractivity contribution in [2.24, 2.45) is 0 Å². The van der Waals surface area contributed by atoms with Crippen LogP contribution in [-0.4, -0.2) is 14.4 Å². The summed E-state index contributed by atoms with van der Waals surface area (Å²) in [5.41, 5.74) is 9.39. The monoisotopic (exact) mass is 479 g/mol. The summed E-state index contributed by atoms with van der Waals surface area (Å²) >= 11 is 4.64. The number of fused-ring (bicyclic) bond motifs is 5. The molecule has 0 aliphatic rings. The maximum absolute atomic E-state index is 5.12. The van der Waals surface area contributed by atoms with Crippen LogP contribution in [0.3, 0.4) is 0 Å². The Balaban J connectivity index is 1.35. The molecule has 0 amide bonds. The summed E-state index contributed by atoms with van der Waals surface area (Å²) in [7, 11) is 0. The van der Waals surface area contributed by atoms with Crippen LogP contribution in [0, 0.1) is 0 Å². The molecule has 3 heterocycles. The van der Waals surface area contributed by atoms with Gasteiger partial charge in [-0.15, -0.1) is 12.6 Å². The zero-order valence-corrected chi connectivity index (χ0v) is 20.2. The van der Waals surface area contributed by atoms with Gasteiger partial charge in [0.15, 0.2) is 5.65 Å². The number of nitrogens with zero attached hydrogens (tertiary/aromatic N) is 3.